The lowest BCUT2D eigenvalue weighted by atomic mass is 9.82. The Morgan fingerprint density at radius 1 is 0.662 bits per heavy atom. The van der Waals surface area contributed by atoms with Crippen LogP contribution in [0.25, 0.3) is 0 Å². The molecule has 18 nitrogen and oxygen atoms in total. The van der Waals surface area contributed by atoms with Gasteiger partial charge in [0.25, 0.3) is 0 Å². The Labute approximate surface area is 381 Å². The number of allylic oxidation sites excluding steroid dienone is 12. The number of carboxylic acid groups (broad SMARTS) is 1. The van der Waals surface area contributed by atoms with Crippen LogP contribution in [-0.2, 0) is 28.5 Å². The van der Waals surface area contributed by atoms with Crippen molar-refractivity contribution < 1.29 is 84.7 Å². The number of hydrogen-bond acceptors (Lipinski definition) is 17. The molecule has 0 amide bonds. The minimum absolute atomic E-state index is 0.107. The summed E-state index contributed by atoms with van der Waals surface area (Å²) < 4.78 is 23.1. The number of rotatable bonds is 3. The number of fused-ring (bicyclic) bond motifs is 2. The van der Waals surface area contributed by atoms with Crippen LogP contribution in [0.2, 0.25) is 0 Å². The number of esters is 1. The van der Waals surface area contributed by atoms with Crippen LogP contribution in [0, 0.1) is 17.8 Å². The van der Waals surface area contributed by atoms with E-state index in [1.54, 1.807) is 80.7 Å². The van der Waals surface area contributed by atoms with Gasteiger partial charge in [-0.25, -0.2) is 0 Å². The molecule has 3 aliphatic heterocycles. The van der Waals surface area contributed by atoms with Gasteiger partial charge in [-0.3, -0.25) is 9.59 Å². The number of nitrogens with two attached hydrogens (primary N) is 1. The second-order valence-electron chi connectivity index (χ2n) is 17.6. The van der Waals surface area contributed by atoms with E-state index in [1.165, 1.54) is 13.0 Å². The molecule has 2 saturated heterocycles. The summed E-state index contributed by atoms with van der Waals surface area (Å²) in [5, 5.41) is 118. The summed E-state index contributed by atoms with van der Waals surface area (Å²) in [5.41, 5.74) is 6.02. The predicted octanol–water partition coefficient (Wildman–Crippen LogP) is 0.712. The summed E-state index contributed by atoms with van der Waals surface area (Å²) in [6.45, 7) is 6.74. The molecule has 3 rings (SSSR count). The second kappa shape index (κ2) is 27.4. The molecule has 0 radical (unpaired) electrons. The Hall–Kier alpha value is -3.44. The van der Waals surface area contributed by atoms with Crippen LogP contribution >= 0.6 is 0 Å². The highest BCUT2D eigenvalue weighted by molar-refractivity contribution is 5.71. The van der Waals surface area contributed by atoms with Crippen molar-refractivity contribution in [3.63, 3.8) is 0 Å². The number of aliphatic hydroxyl groups is 10. The van der Waals surface area contributed by atoms with Gasteiger partial charge in [0, 0.05) is 37.5 Å². The third kappa shape index (κ3) is 18.6. The Morgan fingerprint density at radius 2 is 1.23 bits per heavy atom. The first-order valence-electron chi connectivity index (χ1n) is 22.3. The molecule has 65 heavy (non-hydrogen) atoms. The van der Waals surface area contributed by atoms with Gasteiger partial charge in [0.2, 0.25) is 0 Å². The Balaban J connectivity index is 1.86. The first kappa shape index (κ1) is 55.9. The van der Waals surface area contributed by atoms with E-state index in [2.05, 4.69) is 0 Å². The van der Waals surface area contributed by atoms with E-state index in [0.717, 1.165) is 0 Å². The summed E-state index contributed by atoms with van der Waals surface area (Å²) in [6, 6.07) is -1.15. The van der Waals surface area contributed by atoms with Crippen molar-refractivity contribution in [1.82, 2.24) is 0 Å². The number of cyclic esters (lactones) is 1. The van der Waals surface area contributed by atoms with E-state index < -0.39 is 147 Å². The van der Waals surface area contributed by atoms with Gasteiger partial charge in [-0.1, -0.05) is 98.9 Å². The predicted molar refractivity (Wildman–Crippen MR) is 237 cm³/mol. The molecule has 2 fully saturated rings. The van der Waals surface area contributed by atoms with Crippen LogP contribution < -0.4 is 5.73 Å². The normalized spacial score (nSPS) is 45.5. The lowest BCUT2D eigenvalue weighted by Crippen LogP contribution is -2.61. The van der Waals surface area contributed by atoms with E-state index in [-0.39, 0.29) is 31.6 Å². The van der Waals surface area contributed by atoms with Crippen LogP contribution in [0.5, 0.6) is 0 Å². The number of carbonyl (C=O) groups excluding carboxylic acids is 1. The van der Waals surface area contributed by atoms with Crippen LogP contribution in [0.15, 0.2) is 85.1 Å². The van der Waals surface area contributed by atoms with Crippen LogP contribution in [0.4, 0.5) is 0 Å². The van der Waals surface area contributed by atoms with Gasteiger partial charge in [0.05, 0.1) is 79.6 Å². The fourth-order valence-electron chi connectivity index (χ4n) is 7.97. The van der Waals surface area contributed by atoms with Gasteiger partial charge in [0.15, 0.2) is 12.1 Å². The van der Waals surface area contributed by atoms with Crippen LogP contribution in [0.3, 0.4) is 0 Å². The quantitative estimate of drug-likeness (QED) is 0.174. The molecule has 0 saturated carbocycles. The van der Waals surface area contributed by atoms with Gasteiger partial charge in [-0.05, 0) is 33.1 Å². The maximum atomic E-state index is 12.6. The van der Waals surface area contributed by atoms with Crippen molar-refractivity contribution >= 4 is 11.9 Å². The summed E-state index contributed by atoms with van der Waals surface area (Å²) >= 11 is 0. The third-order valence-electron chi connectivity index (χ3n) is 12.0. The summed E-state index contributed by atoms with van der Waals surface area (Å²) in [5.74, 6) is -6.83. The van der Waals surface area contributed by atoms with Crippen molar-refractivity contribution in [1.29, 1.82) is 0 Å². The highest BCUT2D eigenvalue weighted by Crippen LogP contribution is 2.38. The molecule has 368 valence electrons. The molecular formula is C47H73NO17. The molecule has 0 spiro atoms. The molecule has 18 heteroatoms. The highest BCUT2D eigenvalue weighted by atomic mass is 16.7. The number of ether oxygens (including phenoxy) is 4. The van der Waals surface area contributed by atoms with E-state index in [9.17, 15) is 65.8 Å². The van der Waals surface area contributed by atoms with Gasteiger partial charge in [0.1, 0.15) is 18.1 Å². The molecular weight excluding hydrogens is 851 g/mol. The zero-order valence-corrected chi connectivity index (χ0v) is 37.6. The molecule has 0 aromatic heterocycles. The van der Waals surface area contributed by atoms with Gasteiger partial charge < -0.3 is 80.9 Å². The van der Waals surface area contributed by atoms with Crippen LogP contribution in [0.1, 0.15) is 79.1 Å². The minimum atomic E-state index is -2.33. The molecule has 13 N–H and O–H groups in total. The Kier molecular flexibility index (Phi) is 23.6. The maximum absolute atomic E-state index is 12.6. The molecule has 2 bridgehead atoms. The van der Waals surface area contributed by atoms with E-state index >= 15 is 0 Å². The average Bonchev–Trinajstić information content (AvgIpc) is 3.21. The fourth-order valence-corrected chi connectivity index (χ4v) is 7.97. The molecule has 19 atom stereocenters. The van der Waals surface area contributed by atoms with Crippen molar-refractivity contribution in [3.8, 4) is 0 Å². The molecule has 3 heterocycles. The van der Waals surface area contributed by atoms with Crippen molar-refractivity contribution in [2.45, 2.75) is 177 Å². The molecule has 0 aromatic rings. The molecule has 0 aromatic carbocycles. The van der Waals surface area contributed by atoms with Crippen molar-refractivity contribution in [3.05, 3.63) is 85.1 Å². The number of carboxylic acids is 1. The monoisotopic (exact) mass is 923 g/mol. The maximum Gasteiger partial charge on any atom is 0.311 e. The molecule has 12 unspecified atom stereocenters. The summed E-state index contributed by atoms with van der Waals surface area (Å²) in [4.78, 5) is 25.1. The van der Waals surface area contributed by atoms with Crippen LogP contribution in [-0.4, -0.2) is 166 Å². The third-order valence-corrected chi connectivity index (χ3v) is 12.0. The van der Waals surface area contributed by atoms with Gasteiger partial charge in [-0.15, -0.1) is 0 Å². The highest BCUT2D eigenvalue weighted by Gasteiger charge is 2.51. The van der Waals surface area contributed by atoms with E-state index in [1.807, 2.05) is 19.1 Å². The molecule has 0 aliphatic carbocycles. The topological polar surface area (TPSA) is 320 Å². The summed E-state index contributed by atoms with van der Waals surface area (Å²) in [6.07, 6.45) is 3.46. The zero-order chi connectivity index (χ0) is 48.4. The fraction of sp³-hybridized carbons (Fsp3) is 0.660. The first-order chi connectivity index (χ1) is 30.6. The van der Waals surface area contributed by atoms with Crippen molar-refractivity contribution in [2.24, 2.45) is 23.5 Å². The summed E-state index contributed by atoms with van der Waals surface area (Å²) in [7, 11) is 0. The first-order valence-corrected chi connectivity index (χ1v) is 22.3. The zero-order valence-electron chi connectivity index (χ0n) is 37.6. The Bertz CT molecular complexity index is 1670. The number of carbonyl (C=O) groups is 2. The second-order valence-corrected chi connectivity index (χ2v) is 17.6. The smallest absolute Gasteiger partial charge is 0.311 e. The van der Waals surface area contributed by atoms with E-state index in [4.69, 9.17) is 24.7 Å². The number of hydrogen-bond donors (Lipinski definition) is 12. The molecule has 3 aliphatic rings. The minimum Gasteiger partial charge on any atom is -0.481 e. The lowest BCUT2D eigenvalue weighted by molar-refractivity contribution is -0.308. The Morgan fingerprint density at radius 3 is 1.82 bits per heavy atom. The number of aliphatic carboxylic acids is 1. The SMILES string of the molecule is CC1OC(O[C@H]2/C=C/C=C/C=C/C=C/C=C/C=C/C=C/[C@H](C)[C@@H](O)[C@@H](C)[C@H](C)OC(=O)CC(O)CC(O)CCC(O)C(O)CC(O)CC3(O)C[C@H](O)C(C(=O)O)C(C2)O3)C(O)[C@@H](N)C1O. The van der Waals surface area contributed by atoms with Gasteiger partial charge in [-0.2, -0.15) is 0 Å². The van der Waals surface area contributed by atoms with E-state index in [0.29, 0.717) is 0 Å². The lowest BCUT2D eigenvalue weighted by Gasteiger charge is -2.45. The average molecular weight is 924 g/mol. The number of aliphatic hydroxyl groups excluding tert-OH is 9. The van der Waals surface area contributed by atoms with Crippen molar-refractivity contribution in [2.75, 3.05) is 0 Å². The largest absolute Gasteiger partial charge is 0.481 e. The standard InChI is InChI=1S/C47H73NO17/c1-27-17-15-13-11-9-7-5-6-8-10-12-14-16-18-34(64-46-44(58)41(48)43(57)30(4)63-46)24-38-40(45(59)60)37(54)26-47(61,65-38)25-33(51)22-36(53)35(52)20-19-31(49)21-32(50)23-39(55)62-29(3)28(2)42(27)56/h5-18,27-38,40-44,46,49-54,56-58,61H,19-26,48H2,1-4H3,(H,59,60)/b6-5+,9-7+,10-8+,13-11+,14-12+,17-15+,18-16+/t27-,28-,29-,30?,31?,32?,33?,34-,35?,36?,37-,38?,40?,41-,42+,43?,44?,46?,47?/m0/s1. The van der Waals surface area contributed by atoms with Gasteiger partial charge >= 0.3 is 11.9 Å².